The number of hydrogen-bond donors (Lipinski definition) is 4. The van der Waals surface area contributed by atoms with Crippen LogP contribution < -0.4 is 16.8 Å². The minimum Gasteiger partial charge on any atom is -0.368 e. The summed E-state index contributed by atoms with van der Waals surface area (Å²) in [5, 5.41) is 11.0. The Morgan fingerprint density at radius 2 is 1.81 bits per heavy atom. The lowest BCUT2D eigenvalue weighted by atomic mass is 9.97. The van der Waals surface area contributed by atoms with E-state index in [-0.39, 0.29) is 5.95 Å². The van der Waals surface area contributed by atoms with Crippen LogP contribution in [0.25, 0.3) is 22.4 Å². The van der Waals surface area contributed by atoms with Crippen molar-refractivity contribution in [3.05, 3.63) is 54.4 Å². The van der Waals surface area contributed by atoms with Gasteiger partial charge in [0.1, 0.15) is 0 Å². The second kappa shape index (κ2) is 9.94. The summed E-state index contributed by atoms with van der Waals surface area (Å²) in [5.41, 5.74) is 14.3. The maximum absolute atomic E-state index is 5.63. The van der Waals surface area contributed by atoms with E-state index < -0.39 is 0 Å². The lowest BCUT2D eigenvalue weighted by molar-refractivity contribution is 0.441. The van der Waals surface area contributed by atoms with Gasteiger partial charge in [-0.25, -0.2) is 15.0 Å². The summed E-state index contributed by atoms with van der Waals surface area (Å²) in [4.78, 5) is 16.9. The van der Waals surface area contributed by atoms with Crippen molar-refractivity contribution >= 4 is 22.9 Å². The van der Waals surface area contributed by atoms with Crippen LogP contribution in [-0.4, -0.2) is 36.2 Å². The molecular weight excluding hydrogens is 390 g/mol. The van der Waals surface area contributed by atoms with Crippen molar-refractivity contribution in [2.24, 2.45) is 5.73 Å². The van der Waals surface area contributed by atoms with Crippen LogP contribution in [0.15, 0.2) is 48.8 Å². The quantitative estimate of drug-likeness (QED) is 0.396. The molecule has 0 unspecified atom stereocenters. The summed E-state index contributed by atoms with van der Waals surface area (Å²) < 4.78 is 0. The van der Waals surface area contributed by atoms with Crippen LogP contribution in [0.2, 0.25) is 0 Å². The normalized spacial score (nSPS) is 14.1. The Balaban J connectivity index is 0.000000282. The maximum atomic E-state index is 5.63. The molecule has 0 aliphatic heterocycles. The average molecular weight is 418 g/mol. The number of nitrogens with one attached hydrogen (secondary N) is 2. The highest BCUT2D eigenvalue weighted by Crippen LogP contribution is 2.23. The van der Waals surface area contributed by atoms with Crippen LogP contribution >= 0.6 is 0 Å². The Morgan fingerprint density at radius 1 is 1.00 bits per heavy atom. The lowest BCUT2D eigenvalue weighted by Gasteiger charge is -2.15. The van der Waals surface area contributed by atoms with E-state index in [1.807, 2.05) is 30.3 Å². The summed E-state index contributed by atoms with van der Waals surface area (Å²) in [6.45, 7) is 0.646. The first-order valence-electron chi connectivity index (χ1n) is 10.5. The van der Waals surface area contributed by atoms with Crippen molar-refractivity contribution in [3.63, 3.8) is 0 Å². The zero-order chi connectivity index (χ0) is 21.5. The van der Waals surface area contributed by atoms with Crippen LogP contribution in [-0.2, 0) is 6.54 Å². The van der Waals surface area contributed by atoms with E-state index in [1.54, 1.807) is 18.5 Å². The first-order valence-corrected chi connectivity index (χ1v) is 10.5. The molecule has 9 nitrogen and oxygen atoms in total. The third-order valence-electron chi connectivity index (χ3n) is 5.19. The van der Waals surface area contributed by atoms with Gasteiger partial charge in [0.15, 0.2) is 5.65 Å². The number of aromatic amines is 1. The molecule has 6 N–H and O–H groups in total. The van der Waals surface area contributed by atoms with Crippen molar-refractivity contribution in [1.29, 1.82) is 0 Å². The molecule has 9 heteroatoms. The molecule has 0 amide bonds. The van der Waals surface area contributed by atoms with Crippen LogP contribution in [0.3, 0.4) is 0 Å². The Bertz CT molecular complexity index is 1100. The van der Waals surface area contributed by atoms with Gasteiger partial charge in [-0.1, -0.05) is 49.6 Å². The monoisotopic (exact) mass is 417 g/mol. The molecule has 0 radical (unpaired) electrons. The topological polar surface area (TPSA) is 144 Å². The van der Waals surface area contributed by atoms with E-state index in [1.165, 1.54) is 32.1 Å². The fourth-order valence-electron chi connectivity index (χ4n) is 3.51. The Labute approximate surface area is 180 Å². The van der Waals surface area contributed by atoms with Gasteiger partial charge in [0.05, 0.1) is 16.8 Å². The van der Waals surface area contributed by atoms with Gasteiger partial charge in [-0.2, -0.15) is 10.1 Å². The molecule has 0 atom stereocenters. The molecule has 0 spiro atoms. The minimum atomic E-state index is 0.188. The molecule has 5 rings (SSSR count). The molecule has 0 saturated heterocycles. The largest absolute Gasteiger partial charge is 0.368 e. The number of nitrogens with two attached hydrogens (primary N) is 2. The lowest BCUT2D eigenvalue weighted by Crippen LogP contribution is -2.22. The molecular formula is C22H27N9. The van der Waals surface area contributed by atoms with Crippen LogP contribution in [0.1, 0.15) is 37.7 Å². The fraction of sp³-hybridized carbons (Fsp3) is 0.318. The number of benzene rings is 1. The van der Waals surface area contributed by atoms with Gasteiger partial charge in [-0.3, -0.25) is 5.10 Å². The average Bonchev–Trinajstić information content (AvgIpc) is 3.23. The molecule has 1 fully saturated rings. The smallest absolute Gasteiger partial charge is 0.223 e. The third kappa shape index (κ3) is 5.52. The molecule has 0 bridgehead atoms. The number of rotatable bonds is 4. The first-order chi connectivity index (χ1) is 15.2. The SMILES string of the molecule is NC1CCCCC1.Nc1ncc2c(-c3ccnc(NCc4ccccc4)n3)[nH]nc2n1. The molecule has 1 saturated carbocycles. The molecule has 1 aromatic carbocycles. The molecule has 31 heavy (non-hydrogen) atoms. The highest BCUT2D eigenvalue weighted by molar-refractivity contribution is 5.89. The van der Waals surface area contributed by atoms with Crippen molar-refractivity contribution in [2.75, 3.05) is 11.1 Å². The van der Waals surface area contributed by atoms with Crippen LogP contribution in [0.5, 0.6) is 0 Å². The Kier molecular flexibility index (Phi) is 6.63. The van der Waals surface area contributed by atoms with Gasteiger partial charge in [-0.05, 0) is 24.5 Å². The number of H-pyrrole nitrogens is 1. The van der Waals surface area contributed by atoms with Crippen molar-refractivity contribution in [2.45, 2.75) is 44.7 Å². The van der Waals surface area contributed by atoms with Crippen LogP contribution in [0.4, 0.5) is 11.9 Å². The highest BCUT2D eigenvalue weighted by atomic mass is 15.2. The summed E-state index contributed by atoms with van der Waals surface area (Å²) >= 11 is 0. The summed E-state index contributed by atoms with van der Waals surface area (Å²) in [6, 6.07) is 12.4. The van der Waals surface area contributed by atoms with Gasteiger partial charge >= 0.3 is 0 Å². The number of fused-ring (bicyclic) bond motifs is 1. The van der Waals surface area contributed by atoms with Crippen molar-refractivity contribution in [1.82, 2.24) is 30.1 Å². The molecule has 3 aromatic heterocycles. The van der Waals surface area contributed by atoms with E-state index in [4.69, 9.17) is 11.5 Å². The van der Waals surface area contributed by atoms with Gasteiger partial charge in [0.25, 0.3) is 0 Å². The van der Waals surface area contributed by atoms with E-state index in [2.05, 4.69) is 35.5 Å². The summed E-state index contributed by atoms with van der Waals surface area (Å²) in [7, 11) is 0. The van der Waals surface area contributed by atoms with Gasteiger partial charge in [0.2, 0.25) is 11.9 Å². The number of hydrogen-bond acceptors (Lipinski definition) is 8. The maximum Gasteiger partial charge on any atom is 0.223 e. The zero-order valence-corrected chi connectivity index (χ0v) is 17.3. The van der Waals surface area contributed by atoms with E-state index in [9.17, 15) is 0 Å². The minimum absolute atomic E-state index is 0.188. The van der Waals surface area contributed by atoms with Gasteiger partial charge in [-0.15, -0.1) is 0 Å². The number of nitrogens with zero attached hydrogens (tertiary/aromatic N) is 5. The zero-order valence-electron chi connectivity index (χ0n) is 17.3. The van der Waals surface area contributed by atoms with E-state index in [0.29, 0.717) is 29.9 Å². The second-order valence-corrected chi connectivity index (χ2v) is 7.57. The number of nitrogen functional groups attached to an aromatic ring is 1. The van der Waals surface area contributed by atoms with Crippen LogP contribution in [0, 0.1) is 0 Å². The molecule has 1 aliphatic carbocycles. The Hall–Kier alpha value is -3.59. The molecule has 1 aliphatic rings. The molecule has 160 valence electrons. The van der Waals surface area contributed by atoms with E-state index >= 15 is 0 Å². The van der Waals surface area contributed by atoms with E-state index in [0.717, 1.165) is 16.6 Å². The van der Waals surface area contributed by atoms with Crippen molar-refractivity contribution < 1.29 is 0 Å². The highest BCUT2D eigenvalue weighted by Gasteiger charge is 2.12. The number of anilines is 2. The standard InChI is InChI=1S/C16H14N8.C6H13N/c17-15-19-9-11-13(23-24-14(11)22-15)12-6-7-18-16(21-12)20-8-10-4-2-1-3-5-10;7-6-4-2-1-3-5-6/h1-7,9H,8H2,(H,18,20,21)(H3,17,19,22,23,24);6H,1-5,7H2. The third-order valence-corrected chi connectivity index (χ3v) is 5.19. The predicted molar refractivity (Wildman–Crippen MR) is 122 cm³/mol. The van der Waals surface area contributed by atoms with Gasteiger partial charge in [0, 0.05) is 25.0 Å². The predicted octanol–water partition coefficient (Wildman–Crippen LogP) is 3.28. The first kappa shape index (κ1) is 20.7. The fourth-order valence-corrected chi connectivity index (χ4v) is 3.51. The second-order valence-electron chi connectivity index (χ2n) is 7.57. The molecule has 3 heterocycles. The number of aromatic nitrogens is 6. The van der Waals surface area contributed by atoms with Crippen molar-refractivity contribution in [3.8, 4) is 11.4 Å². The van der Waals surface area contributed by atoms with Gasteiger partial charge < -0.3 is 16.8 Å². The Morgan fingerprint density at radius 3 is 2.55 bits per heavy atom. The summed E-state index contributed by atoms with van der Waals surface area (Å²) in [5.74, 6) is 0.726. The summed E-state index contributed by atoms with van der Waals surface area (Å²) in [6.07, 6.45) is 9.99. The molecule has 4 aromatic rings.